The third-order valence-electron chi connectivity index (χ3n) is 6.33. The minimum absolute atomic E-state index is 0.160. The molecule has 0 saturated heterocycles. The maximum atomic E-state index is 14.0. The second-order valence-electron chi connectivity index (χ2n) is 8.45. The van der Waals surface area contributed by atoms with Gasteiger partial charge in [0, 0.05) is 0 Å². The fourth-order valence-corrected chi connectivity index (χ4v) is 4.42. The van der Waals surface area contributed by atoms with Gasteiger partial charge in [-0.1, -0.05) is 63.3 Å². The van der Waals surface area contributed by atoms with Crippen molar-refractivity contribution in [3.63, 3.8) is 0 Å². The second-order valence-corrected chi connectivity index (χ2v) is 8.45. The first kappa shape index (κ1) is 22.3. The monoisotopic (exact) mass is 411 g/mol. The van der Waals surface area contributed by atoms with Crippen molar-refractivity contribution in [3.05, 3.63) is 64.7 Å². The lowest BCUT2D eigenvalue weighted by Gasteiger charge is -2.29. The second kappa shape index (κ2) is 11.1. The molecule has 2 nitrogen and oxygen atoms in total. The minimum Gasteiger partial charge on any atom is -0.486 e. The van der Waals surface area contributed by atoms with E-state index in [9.17, 15) is 8.78 Å². The standard InChI is InChI=1S/C26H31F2NO/c1-2-3-4-5-6-19-7-11-21(12-8-19)22-13-9-20(10-14-22)18-30-24-16-15-23(17-29)25(27)26(24)28/h9-10,13-16,19,21H,2-8,11-12,18H2,1H3. The van der Waals surface area contributed by atoms with Gasteiger partial charge in [0.25, 0.3) is 0 Å². The van der Waals surface area contributed by atoms with Gasteiger partial charge in [-0.3, -0.25) is 0 Å². The SMILES string of the molecule is CCCCCCC1CCC(c2ccc(COc3ccc(C#N)c(F)c3F)cc2)CC1. The third-order valence-corrected chi connectivity index (χ3v) is 6.33. The van der Waals surface area contributed by atoms with Crippen LogP contribution in [0.25, 0.3) is 0 Å². The van der Waals surface area contributed by atoms with E-state index in [1.807, 2.05) is 12.1 Å². The van der Waals surface area contributed by atoms with Crippen molar-refractivity contribution >= 4 is 0 Å². The Hall–Kier alpha value is -2.41. The molecule has 1 fully saturated rings. The molecule has 2 aromatic carbocycles. The Labute approximate surface area is 178 Å². The van der Waals surface area contributed by atoms with Gasteiger partial charge in [0.15, 0.2) is 11.6 Å². The zero-order valence-electron chi connectivity index (χ0n) is 17.8. The number of hydrogen-bond acceptors (Lipinski definition) is 2. The van der Waals surface area contributed by atoms with E-state index >= 15 is 0 Å². The van der Waals surface area contributed by atoms with E-state index in [1.165, 1.54) is 75.5 Å². The van der Waals surface area contributed by atoms with E-state index in [0.29, 0.717) is 5.92 Å². The predicted molar refractivity (Wildman–Crippen MR) is 115 cm³/mol. The molecule has 0 bridgehead atoms. The summed E-state index contributed by atoms with van der Waals surface area (Å²) in [5, 5.41) is 8.75. The van der Waals surface area contributed by atoms with E-state index in [4.69, 9.17) is 10.00 Å². The molecule has 0 N–H and O–H groups in total. The average molecular weight is 412 g/mol. The quantitative estimate of drug-likeness (QED) is 0.397. The number of unbranched alkanes of at least 4 members (excludes halogenated alkanes) is 3. The van der Waals surface area contributed by atoms with Crippen LogP contribution < -0.4 is 4.74 Å². The van der Waals surface area contributed by atoms with E-state index in [2.05, 4.69) is 19.1 Å². The number of halogens is 2. The average Bonchev–Trinajstić information content (AvgIpc) is 2.79. The molecule has 0 heterocycles. The molecule has 0 amide bonds. The summed E-state index contributed by atoms with van der Waals surface area (Å²) in [5.41, 5.74) is 1.95. The molecule has 0 atom stereocenters. The van der Waals surface area contributed by atoms with Crippen molar-refractivity contribution in [2.45, 2.75) is 77.2 Å². The maximum absolute atomic E-state index is 14.0. The molecule has 0 unspecified atom stereocenters. The van der Waals surface area contributed by atoms with Gasteiger partial charge < -0.3 is 4.74 Å². The van der Waals surface area contributed by atoms with Crippen molar-refractivity contribution in [3.8, 4) is 11.8 Å². The summed E-state index contributed by atoms with van der Waals surface area (Å²) in [6.07, 6.45) is 12.0. The number of nitrogens with zero attached hydrogens (tertiary/aromatic N) is 1. The first-order valence-electron chi connectivity index (χ1n) is 11.2. The molecule has 3 rings (SSSR count). The zero-order valence-corrected chi connectivity index (χ0v) is 17.8. The molecule has 1 saturated carbocycles. The van der Waals surface area contributed by atoms with Gasteiger partial charge in [-0.2, -0.15) is 9.65 Å². The molecule has 0 spiro atoms. The largest absolute Gasteiger partial charge is 0.486 e. The number of nitriles is 1. The highest BCUT2D eigenvalue weighted by molar-refractivity contribution is 5.38. The Balaban J connectivity index is 1.48. The van der Waals surface area contributed by atoms with Gasteiger partial charge in [0.2, 0.25) is 5.82 Å². The molecule has 0 aromatic heterocycles. The van der Waals surface area contributed by atoms with E-state index in [-0.39, 0.29) is 17.9 Å². The molecule has 1 aliphatic carbocycles. The van der Waals surface area contributed by atoms with Crippen LogP contribution >= 0.6 is 0 Å². The number of rotatable bonds is 9. The van der Waals surface area contributed by atoms with Gasteiger partial charge in [-0.15, -0.1) is 0 Å². The molecule has 160 valence electrons. The van der Waals surface area contributed by atoms with Gasteiger partial charge in [-0.25, -0.2) is 4.39 Å². The molecule has 2 aromatic rings. The normalized spacial score (nSPS) is 18.7. The zero-order chi connectivity index (χ0) is 21.3. The van der Waals surface area contributed by atoms with Gasteiger partial charge in [0.05, 0.1) is 5.56 Å². The number of benzene rings is 2. The minimum atomic E-state index is -1.16. The Morgan fingerprint density at radius 2 is 1.67 bits per heavy atom. The van der Waals surface area contributed by atoms with Crippen LogP contribution in [-0.2, 0) is 6.61 Å². The van der Waals surface area contributed by atoms with Crippen LogP contribution in [-0.4, -0.2) is 0 Å². The highest BCUT2D eigenvalue weighted by Crippen LogP contribution is 2.38. The smallest absolute Gasteiger partial charge is 0.202 e. The highest BCUT2D eigenvalue weighted by Gasteiger charge is 2.22. The summed E-state index contributed by atoms with van der Waals surface area (Å²) in [6.45, 7) is 2.42. The molecule has 0 radical (unpaired) electrons. The van der Waals surface area contributed by atoms with Crippen molar-refractivity contribution in [1.29, 1.82) is 5.26 Å². The fraction of sp³-hybridized carbons (Fsp3) is 0.500. The lowest BCUT2D eigenvalue weighted by molar-refractivity contribution is 0.284. The first-order chi connectivity index (χ1) is 14.6. The van der Waals surface area contributed by atoms with Crippen LogP contribution in [0.4, 0.5) is 8.78 Å². The molecule has 0 aliphatic heterocycles. The lowest BCUT2D eigenvalue weighted by atomic mass is 9.77. The topological polar surface area (TPSA) is 33.0 Å². The maximum Gasteiger partial charge on any atom is 0.202 e. The van der Waals surface area contributed by atoms with Crippen LogP contribution in [0.2, 0.25) is 0 Å². The van der Waals surface area contributed by atoms with Crippen LogP contribution in [0.1, 0.15) is 87.3 Å². The first-order valence-corrected chi connectivity index (χ1v) is 11.2. The van der Waals surface area contributed by atoms with Crippen LogP contribution in [0, 0.1) is 28.9 Å². The van der Waals surface area contributed by atoms with Crippen molar-refractivity contribution in [1.82, 2.24) is 0 Å². The van der Waals surface area contributed by atoms with E-state index in [1.54, 1.807) is 6.07 Å². The summed E-state index contributed by atoms with van der Waals surface area (Å²) in [5.74, 6) is -0.929. The predicted octanol–water partition coefficient (Wildman–Crippen LogP) is 7.66. The van der Waals surface area contributed by atoms with Gasteiger partial charge in [0.1, 0.15) is 12.7 Å². The highest BCUT2D eigenvalue weighted by atomic mass is 19.2. The van der Waals surface area contributed by atoms with Crippen molar-refractivity contribution in [2.75, 3.05) is 0 Å². The lowest BCUT2D eigenvalue weighted by Crippen LogP contribution is -2.13. The summed E-state index contributed by atoms with van der Waals surface area (Å²) < 4.78 is 33.1. The van der Waals surface area contributed by atoms with Gasteiger partial charge in [-0.05, 0) is 60.8 Å². The Bertz CT molecular complexity index is 849. The summed E-state index contributed by atoms with van der Waals surface area (Å²) in [6, 6.07) is 12.4. The molecule has 4 heteroatoms. The van der Waals surface area contributed by atoms with Crippen LogP contribution in [0.3, 0.4) is 0 Å². The molecular formula is C26H31F2NO. The summed E-state index contributed by atoms with van der Waals surface area (Å²) in [7, 11) is 0. The Morgan fingerprint density at radius 3 is 2.33 bits per heavy atom. The van der Waals surface area contributed by atoms with Crippen LogP contribution in [0.5, 0.6) is 5.75 Å². The third kappa shape index (κ3) is 5.81. The van der Waals surface area contributed by atoms with Crippen LogP contribution in [0.15, 0.2) is 36.4 Å². The summed E-state index contributed by atoms with van der Waals surface area (Å²) in [4.78, 5) is 0. The van der Waals surface area contributed by atoms with Crippen molar-refractivity contribution in [2.24, 2.45) is 5.92 Å². The van der Waals surface area contributed by atoms with Gasteiger partial charge >= 0.3 is 0 Å². The molecule has 30 heavy (non-hydrogen) atoms. The molecular weight excluding hydrogens is 380 g/mol. The number of ether oxygens (including phenoxy) is 1. The Kier molecular flexibility index (Phi) is 8.25. The van der Waals surface area contributed by atoms with Crippen molar-refractivity contribution < 1.29 is 13.5 Å². The fourth-order valence-electron chi connectivity index (χ4n) is 4.42. The van der Waals surface area contributed by atoms with E-state index < -0.39 is 11.6 Å². The summed E-state index contributed by atoms with van der Waals surface area (Å²) >= 11 is 0. The number of hydrogen-bond donors (Lipinski definition) is 0. The van der Waals surface area contributed by atoms with E-state index in [0.717, 1.165) is 11.5 Å². The Morgan fingerprint density at radius 1 is 0.933 bits per heavy atom. The molecule has 1 aliphatic rings.